The van der Waals surface area contributed by atoms with Crippen LogP contribution in [0.15, 0.2) is 18.2 Å². The fourth-order valence-corrected chi connectivity index (χ4v) is 1.43. The summed E-state index contributed by atoms with van der Waals surface area (Å²) in [7, 11) is 1.56. The normalized spacial score (nSPS) is 10.0. The zero-order valence-corrected chi connectivity index (χ0v) is 11.0. The zero-order valence-electron chi connectivity index (χ0n) is 11.0. The summed E-state index contributed by atoms with van der Waals surface area (Å²) >= 11 is 0. The number of aromatic hydroxyl groups is 1. The van der Waals surface area contributed by atoms with Gasteiger partial charge < -0.3 is 20.5 Å². The number of anilines is 1. The molecule has 0 bridgehead atoms. The number of aryl methyl sites for hydroxylation is 1. The van der Waals surface area contributed by atoms with E-state index in [1.165, 1.54) is 6.07 Å². The third kappa shape index (κ3) is 4.97. The van der Waals surface area contributed by atoms with Crippen molar-refractivity contribution < 1.29 is 19.4 Å². The summed E-state index contributed by atoms with van der Waals surface area (Å²) in [4.78, 5) is 23.0. The highest BCUT2D eigenvalue weighted by Gasteiger charge is 2.14. The quantitative estimate of drug-likeness (QED) is 0.418. The van der Waals surface area contributed by atoms with Crippen LogP contribution in [-0.4, -0.2) is 37.2 Å². The Balaban J connectivity index is 2.47. The minimum Gasteiger partial charge on any atom is -0.506 e. The molecule has 6 heteroatoms. The molecule has 0 radical (unpaired) electrons. The van der Waals surface area contributed by atoms with Crippen molar-refractivity contribution in [1.29, 1.82) is 0 Å². The largest absolute Gasteiger partial charge is 0.506 e. The number of ether oxygens (including phenoxy) is 1. The van der Waals surface area contributed by atoms with Crippen molar-refractivity contribution in [1.82, 2.24) is 5.32 Å². The van der Waals surface area contributed by atoms with Gasteiger partial charge in [-0.25, -0.2) is 0 Å². The minimum absolute atomic E-state index is 0.0690. The molecule has 1 aromatic carbocycles. The second-order valence-electron chi connectivity index (χ2n) is 4.08. The molecule has 0 aliphatic heterocycles. The second kappa shape index (κ2) is 7.38. The van der Waals surface area contributed by atoms with E-state index >= 15 is 0 Å². The van der Waals surface area contributed by atoms with E-state index in [-0.39, 0.29) is 11.4 Å². The van der Waals surface area contributed by atoms with Gasteiger partial charge in [-0.3, -0.25) is 9.59 Å². The van der Waals surface area contributed by atoms with Crippen molar-refractivity contribution in [2.75, 3.05) is 25.6 Å². The van der Waals surface area contributed by atoms with E-state index < -0.39 is 11.8 Å². The number of phenolic OH excluding ortho intramolecular Hbond substituents is 1. The van der Waals surface area contributed by atoms with Crippen molar-refractivity contribution in [2.45, 2.75) is 13.3 Å². The Labute approximate surface area is 111 Å². The van der Waals surface area contributed by atoms with Gasteiger partial charge in [-0.15, -0.1) is 0 Å². The molecule has 1 rings (SSSR count). The molecule has 1 aromatic rings. The molecule has 0 saturated heterocycles. The Morgan fingerprint density at radius 2 is 2.05 bits per heavy atom. The summed E-state index contributed by atoms with van der Waals surface area (Å²) in [6.45, 7) is 2.69. The summed E-state index contributed by atoms with van der Waals surface area (Å²) in [6.07, 6.45) is 0.630. The van der Waals surface area contributed by atoms with Crippen molar-refractivity contribution >= 4 is 17.5 Å². The standard InChI is InChI=1S/C13H18N2O4/c1-9-4-5-10(11(16)8-9)15-13(18)12(17)14-6-3-7-19-2/h4-5,8,16H,3,6-7H2,1-2H3,(H,14,17)(H,15,18). The number of hydrogen-bond acceptors (Lipinski definition) is 4. The van der Waals surface area contributed by atoms with Gasteiger partial charge in [-0.2, -0.15) is 0 Å². The van der Waals surface area contributed by atoms with E-state index in [0.717, 1.165) is 5.56 Å². The maximum Gasteiger partial charge on any atom is 0.313 e. The first-order chi connectivity index (χ1) is 9.04. The molecule has 6 nitrogen and oxygen atoms in total. The molecule has 0 heterocycles. The molecule has 0 atom stereocenters. The summed E-state index contributed by atoms with van der Waals surface area (Å²) in [5.41, 5.74) is 1.07. The van der Waals surface area contributed by atoms with E-state index in [2.05, 4.69) is 10.6 Å². The Bertz CT molecular complexity index is 460. The fraction of sp³-hybridized carbons (Fsp3) is 0.385. The first kappa shape index (κ1) is 15.0. The molecule has 0 aliphatic rings. The van der Waals surface area contributed by atoms with E-state index in [4.69, 9.17) is 4.74 Å². The molecule has 3 N–H and O–H groups in total. The van der Waals surface area contributed by atoms with Gasteiger partial charge in [0.15, 0.2) is 0 Å². The van der Waals surface area contributed by atoms with Gasteiger partial charge >= 0.3 is 11.8 Å². The molecule has 2 amide bonds. The molecule has 0 unspecified atom stereocenters. The van der Waals surface area contributed by atoms with Crippen LogP contribution in [0.2, 0.25) is 0 Å². The molecular weight excluding hydrogens is 248 g/mol. The van der Waals surface area contributed by atoms with E-state index in [1.54, 1.807) is 19.2 Å². The minimum atomic E-state index is -0.809. The number of benzene rings is 1. The van der Waals surface area contributed by atoms with Crippen molar-refractivity contribution in [2.24, 2.45) is 0 Å². The van der Waals surface area contributed by atoms with Crippen LogP contribution in [0.25, 0.3) is 0 Å². The molecule has 19 heavy (non-hydrogen) atoms. The number of phenols is 1. The van der Waals surface area contributed by atoms with Gasteiger partial charge in [0.05, 0.1) is 5.69 Å². The molecule has 0 aliphatic carbocycles. The average Bonchev–Trinajstić information content (AvgIpc) is 2.37. The van der Waals surface area contributed by atoms with Gasteiger partial charge in [0.25, 0.3) is 0 Å². The van der Waals surface area contributed by atoms with Crippen molar-refractivity contribution in [3.8, 4) is 5.75 Å². The van der Waals surface area contributed by atoms with Gasteiger partial charge in [-0.1, -0.05) is 6.07 Å². The van der Waals surface area contributed by atoms with Gasteiger partial charge in [-0.05, 0) is 31.0 Å². The smallest absolute Gasteiger partial charge is 0.313 e. The Morgan fingerprint density at radius 3 is 2.68 bits per heavy atom. The summed E-state index contributed by atoms with van der Waals surface area (Å²) < 4.78 is 4.82. The number of carbonyl (C=O) groups is 2. The lowest BCUT2D eigenvalue weighted by Gasteiger charge is -2.08. The van der Waals surface area contributed by atoms with E-state index in [0.29, 0.717) is 19.6 Å². The number of amides is 2. The molecule has 0 fully saturated rings. The number of hydrogen-bond donors (Lipinski definition) is 3. The first-order valence-electron chi connectivity index (χ1n) is 5.92. The Kier molecular flexibility index (Phi) is 5.81. The van der Waals surface area contributed by atoms with Crippen molar-refractivity contribution in [3.05, 3.63) is 23.8 Å². The van der Waals surface area contributed by atoms with Crippen LogP contribution < -0.4 is 10.6 Å². The number of carbonyl (C=O) groups excluding carboxylic acids is 2. The summed E-state index contributed by atoms with van der Waals surface area (Å²) in [6, 6.07) is 4.78. The maximum absolute atomic E-state index is 11.5. The zero-order chi connectivity index (χ0) is 14.3. The lowest BCUT2D eigenvalue weighted by molar-refractivity contribution is -0.136. The van der Waals surface area contributed by atoms with Crippen LogP contribution >= 0.6 is 0 Å². The molecular formula is C13H18N2O4. The maximum atomic E-state index is 11.5. The van der Waals surface area contributed by atoms with Crippen LogP contribution in [0, 0.1) is 6.92 Å². The van der Waals surface area contributed by atoms with Crippen molar-refractivity contribution in [3.63, 3.8) is 0 Å². The van der Waals surface area contributed by atoms with Gasteiger partial charge in [0.2, 0.25) is 0 Å². The SMILES string of the molecule is COCCCNC(=O)C(=O)Nc1ccc(C)cc1O. The number of nitrogens with one attached hydrogen (secondary N) is 2. The van der Waals surface area contributed by atoms with Crippen LogP contribution in [0.3, 0.4) is 0 Å². The third-order valence-corrected chi connectivity index (χ3v) is 2.42. The highest BCUT2D eigenvalue weighted by atomic mass is 16.5. The van der Waals surface area contributed by atoms with E-state index in [9.17, 15) is 14.7 Å². The predicted octanol–water partition coefficient (Wildman–Crippen LogP) is 0.792. The molecule has 0 spiro atoms. The Morgan fingerprint density at radius 1 is 1.32 bits per heavy atom. The molecule has 104 valence electrons. The number of methoxy groups -OCH3 is 1. The van der Waals surface area contributed by atoms with Gasteiger partial charge in [0.1, 0.15) is 5.75 Å². The fourth-order valence-electron chi connectivity index (χ4n) is 1.43. The van der Waals surface area contributed by atoms with Crippen LogP contribution in [0.4, 0.5) is 5.69 Å². The lowest BCUT2D eigenvalue weighted by atomic mass is 10.2. The highest BCUT2D eigenvalue weighted by molar-refractivity contribution is 6.39. The second-order valence-corrected chi connectivity index (χ2v) is 4.08. The third-order valence-electron chi connectivity index (χ3n) is 2.42. The van der Waals surface area contributed by atoms with Crippen LogP contribution in [0.5, 0.6) is 5.75 Å². The topological polar surface area (TPSA) is 87.7 Å². The predicted molar refractivity (Wildman–Crippen MR) is 71.0 cm³/mol. The first-order valence-corrected chi connectivity index (χ1v) is 5.92. The highest BCUT2D eigenvalue weighted by Crippen LogP contribution is 2.23. The number of rotatable bonds is 5. The summed E-state index contributed by atoms with van der Waals surface area (Å²) in [5.74, 6) is -1.62. The van der Waals surface area contributed by atoms with Gasteiger partial charge in [0, 0.05) is 20.3 Å². The van der Waals surface area contributed by atoms with E-state index in [1.807, 2.05) is 6.92 Å². The van der Waals surface area contributed by atoms with Crippen LogP contribution in [0.1, 0.15) is 12.0 Å². The average molecular weight is 266 g/mol. The van der Waals surface area contributed by atoms with Crippen LogP contribution in [-0.2, 0) is 14.3 Å². The molecule has 0 aromatic heterocycles. The monoisotopic (exact) mass is 266 g/mol. The lowest BCUT2D eigenvalue weighted by Crippen LogP contribution is -2.36. The molecule has 0 saturated carbocycles. The Hall–Kier alpha value is -2.08. The summed E-state index contributed by atoms with van der Waals surface area (Å²) in [5, 5.41) is 14.4.